The van der Waals surface area contributed by atoms with Crippen molar-refractivity contribution in [2.45, 2.75) is 19.3 Å². The number of hydrogen-bond acceptors (Lipinski definition) is 4. The van der Waals surface area contributed by atoms with Crippen LogP contribution in [0.2, 0.25) is 0 Å². The van der Waals surface area contributed by atoms with Gasteiger partial charge in [0, 0.05) is 6.42 Å². The molecule has 1 unspecified atom stereocenters. The van der Waals surface area contributed by atoms with Gasteiger partial charge < -0.3 is 10.1 Å². The Morgan fingerprint density at radius 1 is 1.44 bits per heavy atom. The highest BCUT2D eigenvalue weighted by molar-refractivity contribution is 5.41. The first-order valence-electron chi connectivity index (χ1n) is 6.45. The molecular weight excluding hydrogens is 228 g/mol. The summed E-state index contributed by atoms with van der Waals surface area (Å²) in [6.45, 7) is 2.23. The quantitative estimate of drug-likeness (QED) is 0.886. The average molecular weight is 246 g/mol. The fraction of sp³-hybridized carbons (Fsp3) is 0.538. The highest BCUT2D eigenvalue weighted by Crippen LogP contribution is 2.18. The Kier molecular flexibility index (Phi) is 3.15. The van der Waals surface area contributed by atoms with E-state index in [-0.39, 0.29) is 0 Å². The van der Waals surface area contributed by atoms with Crippen LogP contribution in [0.4, 0.5) is 0 Å². The number of hydrogen-bond donors (Lipinski definition) is 1. The van der Waals surface area contributed by atoms with Crippen molar-refractivity contribution in [1.82, 2.24) is 19.9 Å². The van der Waals surface area contributed by atoms with Crippen molar-refractivity contribution in [2.24, 2.45) is 5.92 Å². The van der Waals surface area contributed by atoms with Crippen molar-refractivity contribution in [3.05, 3.63) is 24.2 Å². The molecule has 0 radical (unpaired) electrons. The molecule has 0 saturated carbocycles. The van der Waals surface area contributed by atoms with Crippen molar-refractivity contribution in [3.63, 3.8) is 0 Å². The maximum atomic E-state index is 5.25. The van der Waals surface area contributed by atoms with Gasteiger partial charge in [-0.2, -0.15) is 0 Å². The first-order valence-corrected chi connectivity index (χ1v) is 6.45. The number of pyridine rings is 1. The lowest BCUT2D eigenvalue weighted by Gasteiger charge is -2.21. The zero-order valence-electron chi connectivity index (χ0n) is 10.6. The Labute approximate surface area is 106 Å². The van der Waals surface area contributed by atoms with Crippen LogP contribution in [0.1, 0.15) is 18.7 Å². The van der Waals surface area contributed by atoms with Gasteiger partial charge in [-0.25, -0.2) is 0 Å². The fourth-order valence-corrected chi connectivity index (χ4v) is 2.54. The molecule has 2 aromatic heterocycles. The van der Waals surface area contributed by atoms with Crippen LogP contribution < -0.4 is 10.1 Å². The summed E-state index contributed by atoms with van der Waals surface area (Å²) >= 11 is 0. The van der Waals surface area contributed by atoms with E-state index in [2.05, 4.69) is 15.5 Å². The number of fused-ring (bicyclic) bond motifs is 1. The second kappa shape index (κ2) is 4.94. The maximum Gasteiger partial charge on any atom is 0.161 e. The molecule has 3 rings (SSSR count). The van der Waals surface area contributed by atoms with Gasteiger partial charge in [0.25, 0.3) is 0 Å². The molecule has 0 bridgehead atoms. The van der Waals surface area contributed by atoms with E-state index in [0.29, 0.717) is 5.92 Å². The molecule has 0 aromatic carbocycles. The summed E-state index contributed by atoms with van der Waals surface area (Å²) in [5.41, 5.74) is 0.884. The van der Waals surface area contributed by atoms with E-state index < -0.39 is 0 Å². The Balaban J connectivity index is 1.86. The van der Waals surface area contributed by atoms with Crippen LogP contribution in [0.25, 0.3) is 5.65 Å². The molecule has 1 fully saturated rings. The van der Waals surface area contributed by atoms with Gasteiger partial charge in [-0.15, -0.1) is 10.2 Å². The molecule has 1 saturated heterocycles. The smallest absolute Gasteiger partial charge is 0.161 e. The molecule has 3 heterocycles. The van der Waals surface area contributed by atoms with E-state index in [9.17, 15) is 0 Å². The second-order valence-electron chi connectivity index (χ2n) is 4.83. The van der Waals surface area contributed by atoms with Crippen LogP contribution in [-0.4, -0.2) is 34.8 Å². The van der Waals surface area contributed by atoms with Crippen LogP contribution in [0.3, 0.4) is 0 Å². The Hall–Kier alpha value is -1.62. The summed E-state index contributed by atoms with van der Waals surface area (Å²) < 4.78 is 7.28. The normalized spacial score (nSPS) is 20.2. The summed E-state index contributed by atoms with van der Waals surface area (Å²) in [6, 6.07) is 3.85. The van der Waals surface area contributed by atoms with Gasteiger partial charge in [-0.3, -0.25) is 4.40 Å². The van der Waals surface area contributed by atoms with Gasteiger partial charge >= 0.3 is 0 Å². The maximum absolute atomic E-state index is 5.25. The van der Waals surface area contributed by atoms with Gasteiger partial charge in [-0.05, 0) is 44.0 Å². The number of piperidine rings is 1. The van der Waals surface area contributed by atoms with Crippen LogP contribution in [0.5, 0.6) is 5.75 Å². The predicted molar refractivity (Wildman–Crippen MR) is 68.8 cm³/mol. The lowest BCUT2D eigenvalue weighted by molar-refractivity contribution is 0.369. The largest absolute Gasteiger partial charge is 0.495 e. The van der Waals surface area contributed by atoms with E-state index in [4.69, 9.17) is 4.74 Å². The minimum Gasteiger partial charge on any atom is -0.495 e. The standard InChI is InChI=1S/C13H18N4O/c1-18-11-4-5-12-15-16-13(17(12)9-11)7-10-3-2-6-14-8-10/h4-5,9-10,14H,2-3,6-8H2,1H3. The molecule has 1 aliphatic rings. The molecule has 2 aromatic rings. The molecule has 0 aliphatic carbocycles. The Morgan fingerprint density at radius 2 is 2.39 bits per heavy atom. The highest BCUT2D eigenvalue weighted by Gasteiger charge is 2.16. The number of ether oxygens (including phenoxy) is 1. The van der Waals surface area contributed by atoms with Crippen LogP contribution in [-0.2, 0) is 6.42 Å². The van der Waals surface area contributed by atoms with E-state index >= 15 is 0 Å². The third-order valence-corrected chi connectivity index (χ3v) is 3.55. The number of nitrogens with one attached hydrogen (secondary N) is 1. The van der Waals surface area contributed by atoms with E-state index in [0.717, 1.165) is 36.7 Å². The van der Waals surface area contributed by atoms with Crippen molar-refractivity contribution in [3.8, 4) is 5.75 Å². The number of rotatable bonds is 3. The van der Waals surface area contributed by atoms with E-state index in [1.165, 1.54) is 12.8 Å². The van der Waals surface area contributed by atoms with Gasteiger partial charge in [-0.1, -0.05) is 0 Å². The van der Waals surface area contributed by atoms with E-state index in [1.807, 2.05) is 22.7 Å². The van der Waals surface area contributed by atoms with Gasteiger partial charge in [0.05, 0.1) is 13.3 Å². The molecule has 1 N–H and O–H groups in total. The molecule has 0 spiro atoms. The summed E-state index contributed by atoms with van der Waals surface area (Å²) in [7, 11) is 1.68. The summed E-state index contributed by atoms with van der Waals surface area (Å²) in [5.74, 6) is 2.53. The third-order valence-electron chi connectivity index (χ3n) is 3.55. The van der Waals surface area contributed by atoms with Crippen LogP contribution in [0, 0.1) is 5.92 Å². The molecular formula is C13H18N4O. The Bertz CT molecular complexity index is 531. The number of methoxy groups -OCH3 is 1. The number of nitrogens with zero attached hydrogens (tertiary/aromatic N) is 3. The zero-order chi connectivity index (χ0) is 12.4. The van der Waals surface area contributed by atoms with Crippen LogP contribution in [0.15, 0.2) is 18.3 Å². The molecule has 5 nitrogen and oxygen atoms in total. The average Bonchev–Trinajstić information content (AvgIpc) is 2.82. The second-order valence-corrected chi connectivity index (χ2v) is 4.83. The fourth-order valence-electron chi connectivity index (χ4n) is 2.54. The highest BCUT2D eigenvalue weighted by atomic mass is 16.5. The Morgan fingerprint density at radius 3 is 3.17 bits per heavy atom. The van der Waals surface area contributed by atoms with E-state index in [1.54, 1.807) is 7.11 Å². The minimum atomic E-state index is 0.664. The molecule has 96 valence electrons. The lowest BCUT2D eigenvalue weighted by Crippen LogP contribution is -2.31. The summed E-state index contributed by atoms with van der Waals surface area (Å²) in [6.07, 6.45) is 5.46. The molecule has 18 heavy (non-hydrogen) atoms. The van der Waals surface area contributed by atoms with Crippen molar-refractivity contribution >= 4 is 5.65 Å². The van der Waals surface area contributed by atoms with Crippen LogP contribution >= 0.6 is 0 Å². The monoisotopic (exact) mass is 246 g/mol. The SMILES string of the molecule is COc1ccc2nnc(CC3CCCNC3)n2c1. The minimum absolute atomic E-state index is 0.664. The number of aromatic nitrogens is 3. The summed E-state index contributed by atoms with van der Waals surface area (Å²) in [4.78, 5) is 0. The van der Waals surface area contributed by atoms with Gasteiger partial charge in [0.1, 0.15) is 11.6 Å². The molecule has 5 heteroatoms. The summed E-state index contributed by atoms with van der Waals surface area (Å²) in [5, 5.41) is 11.9. The topological polar surface area (TPSA) is 51.5 Å². The predicted octanol–water partition coefficient (Wildman–Crippen LogP) is 1.28. The van der Waals surface area contributed by atoms with Crippen molar-refractivity contribution < 1.29 is 4.74 Å². The third kappa shape index (κ3) is 2.18. The van der Waals surface area contributed by atoms with Crippen molar-refractivity contribution in [2.75, 3.05) is 20.2 Å². The lowest BCUT2D eigenvalue weighted by atomic mass is 9.96. The van der Waals surface area contributed by atoms with Gasteiger partial charge in [0.2, 0.25) is 0 Å². The zero-order valence-corrected chi connectivity index (χ0v) is 10.6. The molecule has 1 atom stereocenters. The first-order chi connectivity index (χ1) is 8.86. The first kappa shape index (κ1) is 11.5. The molecule has 1 aliphatic heterocycles. The van der Waals surface area contributed by atoms with Gasteiger partial charge in [0.15, 0.2) is 5.65 Å². The van der Waals surface area contributed by atoms with Crippen molar-refractivity contribution in [1.29, 1.82) is 0 Å². The molecule has 0 amide bonds.